The molecule has 0 aliphatic heterocycles. The average Bonchev–Trinajstić information content (AvgIpc) is 1.83. The van der Waals surface area contributed by atoms with E-state index < -0.39 is 0 Å². The van der Waals surface area contributed by atoms with Gasteiger partial charge >= 0.3 is 0 Å². The molecule has 54 valence electrons. The van der Waals surface area contributed by atoms with Gasteiger partial charge in [0, 0.05) is 41.7 Å². The first-order chi connectivity index (χ1) is 3.81. The molecule has 0 aromatic carbocycles. The second-order valence-electron chi connectivity index (χ2n) is 2.42. The SMILES string of the molecule is [CH2-]C(CC)CCCC.[Ce]. The Kier molecular flexibility index (Phi) is 13.5. The average molecular weight is 253 g/mol. The Labute approximate surface area is 93.2 Å². The van der Waals surface area contributed by atoms with Gasteiger partial charge in [-0.2, -0.15) is 5.92 Å². The summed E-state index contributed by atoms with van der Waals surface area (Å²) in [7, 11) is 0. The van der Waals surface area contributed by atoms with Crippen molar-refractivity contribution in [1.29, 1.82) is 0 Å². The standard InChI is InChI=1S/C8H17.Ce/c1-4-6-7-8(3)5-2;/h8H,3-7H2,1-2H3;/q-1;. The molecule has 0 fully saturated rings. The molecule has 1 unspecified atom stereocenters. The summed E-state index contributed by atoms with van der Waals surface area (Å²) in [5.74, 6) is 0.704. The normalized spacial score (nSPS) is 12.3. The van der Waals surface area contributed by atoms with E-state index in [0.29, 0.717) is 5.92 Å². The molecule has 0 bridgehead atoms. The summed E-state index contributed by atoms with van der Waals surface area (Å²) >= 11 is 0. The van der Waals surface area contributed by atoms with Crippen molar-refractivity contribution in [3.05, 3.63) is 6.92 Å². The molecule has 0 aromatic rings. The van der Waals surface area contributed by atoms with E-state index in [2.05, 4.69) is 20.8 Å². The summed E-state index contributed by atoms with van der Waals surface area (Å²) in [6.07, 6.45) is 5.21. The summed E-state index contributed by atoms with van der Waals surface area (Å²) in [5.41, 5.74) is 0. The maximum atomic E-state index is 3.99. The molecule has 0 spiro atoms. The van der Waals surface area contributed by atoms with Crippen molar-refractivity contribution in [3.8, 4) is 0 Å². The van der Waals surface area contributed by atoms with Gasteiger partial charge in [-0.15, -0.1) is 0 Å². The summed E-state index contributed by atoms with van der Waals surface area (Å²) < 4.78 is 0. The fraction of sp³-hybridized carbons (Fsp3) is 0.875. The van der Waals surface area contributed by atoms with Crippen LogP contribution in [0.1, 0.15) is 39.5 Å². The Morgan fingerprint density at radius 3 is 2.22 bits per heavy atom. The summed E-state index contributed by atoms with van der Waals surface area (Å²) in [6, 6.07) is 0. The molecule has 0 aromatic heterocycles. The third-order valence-electron chi connectivity index (χ3n) is 1.54. The molecule has 9 heavy (non-hydrogen) atoms. The topological polar surface area (TPSA) is 0 Å². The van der Waals surface area contributed by atoms with Gasteiger partial charge < -0.3 is 6.92 Å². The minimum Gasteiger partial charge on any atom is -0.340 e. The van der Waals surface area contributed by atoms with Crippen LogP contribution in [0, 0.1) is 54.6 Å². The van der Waals surface area contributed by atoms with E-state index in [0.717, 1.165) is 0 Å². The number of rotatable bonds is 4. The molecular formula is C8H17Ce-. The van der Waals surface area contributed by atoms with Crippen molar-refractivity contribution in [2.24, 2.45) is 5.92 Å². The molecule has 0 N–H and O–H groups in total. The van der Waals surface area contributed by atoms with Crippen LogP contribution >= 0.6 is 0 Å². The van der Waals surface area contributed by atoms with Crippen LogP contribution in [0.25, 0.3) is 0 Å². The summed E-state index contributed by atoms with van der Waals surface area (Å²) in [5, 5.41) is 0. The van der Waals surface area contributed by atoms with Gasteiger partial charge in [0.2, 0.25) is 0 Å². The molecule has 0 saturated heterocycles. The Bertz CT molecular complexity index is 43.8. The van der Waals surface area contributed by atoms with E-state index in [1.165, 1.54) is 25.7 Å². The van der Waals surface area contributed by atoms with Gasteiger partial charge in [0.25, 0.3) is 0 Å². The molecule has 1 atom stereocenters. The van der Waals surface area contributed by atoms with Crippen molar-refractivity contribution >= 4 is 0 Å². The molecule has 1 heteroatoms. The first kappa shape index (κ1) is 13.0. The van der Waals surface area contributed by atoms with E-state index >= 15 is 0 Å². The van der Waals surface area contributed by atoms with Crippen LogP contribution < -0.4 is 0 Å². The molecule has 0 radical (unpaired) electrons. The fourth-order valence-corrected chi connectivity index (χ4v) is 0.697. The molecule has 0 heterocycles. The Balaban J connectivity index is 0. The van der Waals surface area contributed by atoms with Crippen LogP contribution in [0.3, 0.4) is 0 Å². The van der Waals surface area contributed by atoms with Gasteiger partial charge in [-0.1, -0.05) is 39.5 Å². The molecule has 0 nitrogen and oxygen atoms in total. The van der Waals surface area contributed by atoms with Crippen LogP contribution in [0.2, 0.25) is 0 Å². The Hall–Kier alpha value is 1.38. The second kappa shape index (κ2) is 9.38. The minimum atomic E-state index is 0. The van der Waals surface area contributed by atoms with Crippen molar-refractivity contribution in [1.82, 2.24) is 0 Å². The van der Waals surface area contributed by atoms with Gasteiger partial charge in [-0.3, -0.25) is 0 Å². The molecule has 0 aliphatic rings. The van der Waals surface area contributed by atoms with Crippen LogP contribution in [-0.2, 0) is 0 Å². The van der Waals surface area contributed by atoms with E-state index in [-0.39, 0.29) is 41.7 Å². The second-order valence-corrected chi connectivity index (χ2v) is 2.42. The van der Waals surface area contributed by atoms with Gasteiger partial charge in [0.15, 0.2) is 0 Å². The number of unbranched alkanes of at least 4 members (excludes halogenated alkanes) is 1. The van der Waals surface area contributed by atoms with Crippen LogP contribution in [0.5, 0.6) is 0 Å². The quantitative estimate of drug-likeness (QED) is 0.676. The zero-order chi connectivity index (χ0) is 6.41. The molecule has 0 amide bonds. The first-order valence-electron chi connectivity index (χ1n) is 3.64. The van der Waals surface area contributed by atoms with Gasteiger partial charge in [-0.05, 0) is 0 Å². The third-order valence-corrected chi connectivity index (χ3v) is 1.54. The summed E-state index contributed by atoms with van der Waals surface area (Å²) in [6.45, 7) is 8.42. The molecule has 0 aliphatic carbocycles. The predicted octanol–water partition coefficient (Wildman–Crippen LogP) is 3.04. The van der Waals surface area contributed by atoms with Crippen LogP contribution in [0.15, 0.2) is 0 Å². The zero-order valence-electron chi connectivity index (χ0n) is 6.61. The van der Waals surface area contributed by atoms with Gasteiger partial charge in [-0.25, -0.2) is 0 Å². The third kappa shape index (κ3) is 9.38. The van der Waals surface area contributed by atoms with Crippen molar-refractivity contribution in [2.45, 2.75) is 39.5 Å². The number of hydrogen-bond acceptors (Lipinski definition) is 0. The largest absolute Gasteiger partial charge is 0.340 e. The minimum absolute atomic E-state index is 0. The molecule has 0 saturated carbocycles. The van der Waals surface area contributed by atoms with Crippen molar-refractivity contribution < 1.29 is 41.7 Å². The molecule has 0 rings (SSSR count). The zero-order valence-corrected chi connectivity index (χ0v) is 9.75. The maximum absolute atomic E-state index is 3.99. The first-order valence-corrected chi connectivity index (χ1v) is 3.64. The van der Waals surface area contributed by atoms with E-state index in [1.807, 2.05) is 0 Å². The predicted molar refractivity (Wildman–Crippen MR) is 38.7 cm³/mol. The number of hydrogen-bond donors (Lipinski definition) is 0. The van der Waals surface area contributed by atoms with Crippen LogP contribution in [-0.4, -0.2) is 0 Å². The monoisotopic (exact) mass is 253 g/mol. The smallest absolute Gasteiger partial charge is 0 e. The Morgan fingerprint density at radius 2 is 1.89 bits per heavy atom. The van der Waals surface area contributed by atoms with E-state index in [4.69, 9.17) is 0 Å². The van der Waals surface area contributed by atoms with Gasteiger partial charge in [0.1, 0.15) is 0 Å². The van der Waals surface area contributed by atoms with E-state index in [9.17, 15) is 0 Å². The maximum Gasteiger partial charge on any atom is 0 e. The fourth-order valence-electron chi connectivity index (χ4n) is 0.697. The van der Waals surface area contributed by atoms with Crippen molar-refractivity contribution in [3.63, 3.8) is 0 Å². The van der Waals surface area contributed by atoms with Crippen LogP contribution in [0.4, 0.5) is 0 Å². The molecular weight excluding hydrogens is 236 g/mol. The summed E-state index contributed by atoms with van der Waals surface area (Å²) in [4.78, 5) is 0. The van der Waals surface area contributed by atoms with E-state index in [1.54, 1.807) is 0 Å². The van der Waals surface area contributed by atoms with Crippen molar-refractivity contribution in [2.75, 3.05) is 0 Å². The Morgan fingerprint density at radius 1 is 1.33 bits per heavy atom. The van der Waals surface area contributed by atoms with Gasteiger partial charge in [0.05, 0.1) is 0 Å².